The fourth-order valence-electron chi connectivity index (χ4n) is 3.65. The molecule has 0 heterocycles. The Labute approximate surface area is 161 Å². The predicted molar refractivity (Wildman–Crippen MR) is 109 cm³/mol. The molecule has 0 aliphatic heterocycles. The molecule has 0 bridgehead atoms. The molecule has 4 nitrogen and oxygen atoms in total. The summed E-state index contributed by atoms with van der Waals surface area (Å²) in [5.41, 5.74) is 1.92. The third kappa shape index (κ3) is 5.68. The van der Waals surface area contributed by atoms with E-state index in [4.69, 9.17) is 0 Å². The highest BCUT2D eigenvalue weighted by Crippen LogP contribution is 2.24. The van der Waals surface area contributed by atoms with Gasteiger partial charge in [0.1, 0.15) is 0 Å². The van der Waals surface area contributed by atoms with Gasteiger partial charge in [-0.1, -0.05) is 61.4 Å². The molecule has 2 aromatic carbocycles. The molecule has 3 rings (SSSR count). The zero-order valence-electron chi connectivity index (χ0n) is 15.8. The number of anilines is 1. The molecule has 27 heavy (non-hydrogen) atoms. The number of benzene rings is 2. The quantitative estimate of drug-likeness (QED) is 0.721. The molecule has 1 N–H and O–H groups in total. The van der Waals surface area contributed by atoms with Gasteiger partial charge in [0.25, 0.3) is 0 Å². The number of hydrogen-bond donors (Lipinski definition) is 1. The van der Waals surface area contributed by atoms with Gasteiger partial charge in [0, 0.05) is 24.7 Å². The van der Waals surface area contributed by atoms with Crippen LogP contribution in [0.3, 0.4) is 0 Å². The van der Waals surface area contributed by atoms with Gasteiger partial charge in [-0.3, -0.25) is 9.59 Å². The van der Waals surface area contributed by atoms with Crippen molar-refractivity contribution in [2.75, 3.05) is 18.0 Å². The minimum absolute atomic E-state index is 0.0783. The lowest BCUT2D eigenvalue weighted by atomic mass is 10.1. The fraction of sp³-hybridized carbons (Fsp3) is 0.391. The van der Waals surface area contributed by atoms with E-state index >= 15 is 0 Å². The van der Waals surface area contributed by atoms with Crippen molar-refractivity contribution in [3.8, 4) is 0 Å². The van der Waals surface area contributed by atoms with Crippen LogP contribution in [0.5, 0.6) is 0 Å². The van der Waals surface area contributed by atoms with E-state index in [0.717, 1.165) is 43.4 Å². The van der Waals surface area contributed by atoms with Crippen molar-refractivity contribution in [3.05, 3.63) is 66.2 Å². The van der Waals surface area contributed by atoms with E-state index in [9.17, 15) is 9.59 Å². The van der Waals surface area contributed by atoms with Gasteiger partial charge in [-0.15, -0.1) is 0 Å². The van der Waals surface area contributed by atoms with Crippen LogP contribution in [-0.4, -0.2) is 24.9 Å². The summed E-state index contributed by atoms with van der Waals surface area (Å²) in [7, 11) is 0. The van der Waals surface area contributed by atoms with Gasteiger partial charge in [0.15, 0.2) is 0 Å². The maximum absolute atomic E-state index is 12.9. The molecule has 2 aromatic rings. The largest absolute Gasteiger partial charge is 0.356 e. The molecule has 0 spiro atoms. The van der Waals surface area contributed by atoms with Crippen LogP contribution in [-0.2, 0) is 16.0 Å². The topological polar surface area (TPSA) is 49.4 Å². The van der Waals surface area contributed by atoms with E-state index in [-0.39, 0.29) is 17.7 Å². The normalized spacial score (nSPS) is 14.1. The smallest absolute Gasteiger partial charge is 0.231 e. The monoisotopic (exact) mass is 364 g/mol. The maximum atomic E-state index is 12.9. The standard InChI is InChI=1S/C23H28N2O2/c26-22(18-19-10-3-1-4-11-19)25(21-14-5-2-6-15-21)17-9-16-24-23(27)20-12-7-8-13-20/h1-6,10-11,14-15,20H,7-9,12-13,16-18H2,(H,24,27). The van der Waals surface area contributed by atoms with Gasteiger partial charge in [0.05, 0.1) is 6.42 Å². The van der Waals surface area contributed by atoms with E-state index in [1.807, 2.05) is 65.6 Å². The van der Waals surface area contributed by atoms with Gasteiger partial charge in [-0.25, -0.2) is 0 Å². The maximum Gasteiger partial charge on any atom is 0.231 e. The average molecular weight is 364 g/mol. The second-order valence-corrected chi connectivity index (χ2v) is 7.17. The van der Waals surface area contributed by atoms with Gasteiger partial charge < -0.3 is 10.2 Å². The minimum atomic E-state index is 0.0783. The second-order valence-electron chi connectivity index (χ2n) is 7.17. The van der Waals surface area contributed by atoms with Crippen LogP contribution in [0.1, 0.15) is 37.7 Å². The van der Waals surface area contributed by atoms with Gasteiger partial charge >= 0.3 is 0 Å². The molecule has 0 radical (unpaired) electrons. The first-order valence-corrected chi connectivity index (χ1v) is 9.91. The van der Waals surface area contributed by atoms with E-state index in [1.54, 1.807) is 0 Å². The van der Waals surface area contributed by atoms with Crippen molar-refractivity contribution in [3.63, 3.8) is 0 Å². The molecule has 2 amide bonds. The highest BCUT2D eigenvalue weighted by atomic mass is 16.2. The Kier molecular flexibility index (Phi) is 7.03. The van der Waals surface area contributed by atoms with E-state index < -0.39 is 0 Å². The lowest BCUT2D eigenvalue weighted by molar-refractivity contribution is -0.124. The molecule has 1 fully saturated rings. The van der Waals surface area contributed by atoms with Crippen molar-refractivity contribution in [1.82, 2.24) is 5.32 Å². The molecule has 4 heteroatoms. The van der Waals surface area contributed by atoms with E-state index in [0.29, 0.717) is 19.5 Å². The number of hydrogen-bond acceptors (Lipinski definition) is 2. The molecular formula is C23H28N2O2. The number of nitrogens with zero attached hydrogens (tertiary/aromatic N) is 1. The summed E-state index contributed by atoms with van der Waals surface area (Å²) in [6.45, 7) is 1.21. The first-order valence-electron chi connectivity index (χ1n) is 9.91. The Morgan fingerprint density at radius 2 is 1.56 bits per heavy atom. The summed E-state index contributed by atoms with van der Waals surface area (Å²) in [6, 6.07) is 19.6. The Balaban J connectivity index is 1.55. The van der Waals surface area contributed by atoms with Crippen molar-refractivity contribution in [2.24, 2.45) is 5.92 Å². The Hall–Kier alpha value is -2.62. The number of para-hydroxylation sites is 1. The van der Waals surface area contributed by atoms with Gasteiger partial charge in [-0.05, 0) is 37.0 Å². The molecule has 0 unspecified atom stereocenters. The zero-order valence-corrected chi connectivity index (χ0v) is 15.8. The van der Waals surface area contributed by atoms with Crippen molar-refractivity contribution < 1.29 is 9.59 Å². The zero-order chi connectivity index (χ0) is 18.9. The highest BCUT2D eigenvalue weighted by molar-refractivity contribution is 5.94. The lowest BCUT2D eigenvalue weighted by Crippen LogP contribution is -2.36. The second kappa shape index (κ2) is 9.91. The average Bonchev–Trinajstić information content (AvgIpc) is 3.24. The van der Waals surface area contributed by atoms with Crippen LogP contribution in [0.15, 0.2) is 60.7 Å². The minimum Gasteiger partial charge on any atom is -0.356 e. The predicted octanol–water partition coefficient (Wildman–Crippen LogP) is 3.96. The van der Waals surface area contributed by atoms with Crippen molar-refractivity contribution in [2.45, 2.75) is 38.5 Å². The van der Waals surface area contributed by atoms with E-state index in [1.165, 1.54) is 0 Å². The van der Waals surface area contributed by atoms with Crippen LogP contribution >= 0.6 is 0 Å². The van der Waals surface area contributed by atoms with E-state index in [2.05, 4.69) is 5.32 Å². The lowest BCUT2D eigenvalue weighted by Gasteiger charge is -2.23. The molecule has 0 atom stereocenters. The van der Waals surface area contributed by atoms with Crippen LogP contribution < -0.4 is 10.2 Å². The molecule has 0 aromatic heterocycles. The molecule has 1 saturated carbocycles. The Morgan fingerprint density at radius 3 is 2.22 bits per heavy atom. The van der Waals surface area contributed by atoms with Gasteiger partial charge in [-0.2, -0.15) is 0 Å². The fourth-order valence-corrected chi connectivity index (χ4v) is 3.65. The van der Waals surface area contributed by atoms with Gasteiger partial charge in [0.2, 0.25) is 11.8 Å². The first-order chi connectivity index (χ1) is 13.2. The molecular weight excluding hydrogens is 336 g/mol. The number of carbonyl (C=O) groups excluding carboxylic acids is 2. The summed E-state index contributed by atoms with van der Waals surface area (Å²) >= 11 is 0. The molecule has 1 aliphatic rings. The summed E-state index contributed by atoms with van der Waals surface area (Å²) in [5, 5.41) is 3.04. The number of rotatable bonds is 8. The SMILES string of the molecule is O=C(NCCCN(C(=O)Cc1ccccc1)c1ccccc1)C1CCCC1. The van der Waals surface area contributed by atoms with Crippen LogP contribution in [0, 0.1) is 5.92 Å². The Morgan fingerprint density at radius 1 is 0.926 bits per heavy atom. The molecule has 0 saturated heterocycles. The Bertz CT molecular complexity index is 725. The summed E-state index contributed by atoms with van der Waals surface area (Å²) in [5.74, 6) is 0.443. The third-order valence-corrected chi connectivity index (χ3v) is 5.15. The van der Waals surface area contributed by atoms with Crippen molar-refractivity contribution >= 4 is 17.5 Å². The van der Waals surface area contributed by atoms with Crippen LogP contribution in [0.25, 0.3) is 0 Å². The summed E-state index contributed by atoms with van der Waals surface area (Å²) in [6.07, 6.45) is 5.47. The number of amides is 2. The summed E-state index contributed by atoms with van der Waals surface area (Å²) < 4.78 is 0. The first kappa shape index (κ1) is 19.2. The summed E-state index contributed by atoms with van der Waals surface area (Å²) in [4.78, 5) is 26.9. The molecule has 142 valence electrons. The highest BCUT2D eigenvalue weighted by Gasteiger charge is 2.22. The third-order valence-electron chi connectivity index (χ3n) is 5.15. The number of carbonyl (C=O) groups is 2. The van der Waals surface area contributed by atoms with Crippen molar-refractivity contribution in [1.29, 1.82) is 0 Å². The number of nitrogens with one attached hydrogen (secondary N) is 1. The molecule has 1 aliphatic carbocycles. The van der Waals surface area contributed by atoms with Crippen LogP contribution in [0.4, 0.5) is 5.69 Å². The van der Waals surface area contributed by atoms with Crippen LogP contribution in [0.2, 0.25) is 0 Å².